The number of aliphatic imine (C=N–C) groups is 1. The quantitative estimate of drug-likeness (QED) is 0.550. The molecule has 122 valence electrons. The zero-order chi connectivity index (χ0) is 17.3. The number of amides is 1. The molecule has 0 aliphatic carbocycles. The van der Waals surface area contributed by atoms with E-state index in [9.17, 15) is 4.79 Å². The molecule has 0 aliphatic rings. The lowest BCUT2D eigenvalue weighted by atomic mass is 10.1. The van der Waals surface area contributed by atoms with Crippen molar-refractivity contribution < 1.29 is 4.79 Å². The summed E-state index contributed by atoms with van der Waals surface area (Å²) in [4.78, 5) is 22.7. The van der Waals surface area contributed by atoms with E-state index in [1.165, 1.54) is 6.34 Å². The van der Waals surface area contributed by atoms with Gasteiger partial charge in [0.25, 0.3) is 5.91 Å². The summed E-state index contributed by atoms with van der Waals surface area (Å²) >= 11 is 0. The van der Waals surface area contributed by atoms with Crippen LogP contribution in [0.4, 0.5) is 0 Å². The Kier molecular flexibility index (Phi) is 4.12. The van der Waals surface area contributed by atoms with Gasteiger partial charge in [-0.2, -0.15) is 10.1 Å². The van der Waals surface area contributed by atoms with Gasteiger partial charge < -0.3 is 4.90 Å². The summed E-state index contributed by atoms with van der Waals surface area (Å²) in [5.74, 6) is -0.340. The zero-order valence-corrected chi connectivity index (χ0v) is 14.2. The van der Waals surface area contributed by atoms with Gasteiger partial charge in [-0.15, -0.1) is 0 Å². The minimum atomic E-state index is -0.340. The summed E-state index contributed by atoms with van der Waals surface area (Å²) in [6.07, 6.45) is 1.49. The third-order valence-corrected chi connectivity index (χ3v) is 3.58. The molecule has 2 heterocycles. The lowest BCUT2D eigenvalue weighted by Gasteiger charge is -2.06. The van der Waals surface area contributed by atoms with Gasteiger partial charge in [0.05, 0.1) is 17.7 Å². The van der Waals surface area contributed by atoms with Crippen LogP contribution in [0.1, 0.15) is 21.7 Å². The fourth-order valence-corrected chi connectivity index (χ4v) is 2.54. The van der Waals surface area contributed by atoms with E-state index in [4.69, 9.17) is 0 Å². The number of aromatic nitrogens is 3. The Hall–Kier alpha value is -3.02. The molecule has 0 saturated heterocycles. The van der Waals surface area contributed by atoms with Crippen molar-refractivity contribution in [2.24, 2.45) is 4.99 Å². The maximum absolute atomic E-state index is 12.5. The molecule has 0 N–H and O–H groups in total. The summed E-state index contributed by atoms with van der Waals surface area (Å²) in [6.45, 7) is 3.71. The molecule has 2 aromatic heterocycles. The summed E-state index contributed by atoms with van der Waals surface area (Å²) in [5.41, 5.74) is 4.34. The monoisotopic (exact) mass is 321 g/mol. The molecule has 0 spiro atoms. The predicted molar refractivity (Wildman–Crippen MR) is 94.4 cm³/mol. The van der Waals surface area contributed by atoms with E-state index in [2.05, 4.69) is 15.1 Å². The molecule has 0 fully saturated rings. The number of nitrogens with zero attached hydrogens (tertiary/aromatic N) is 5. The van der Waals surface area contributed by atoms with Crippen LogP contribution in [0.25, 0.3) is 16.9 Å². The maximum atomic E-state index is 12.5. The van der Waals surface area contributed by atoms with Crippen molar-refractivity contribution in [3.8, 4) is 11.3 Å². The Morgan fingerprint density at radius 3 is 2.58 bits per heavy atom. The lowest BCUT2D eigenvalue weighted by molar-refractivity contribution is 0.100. The van der Waals surface area contributed by atoms with Crippen molar-refractivity contribution in [2.75, 3.05) is 14.1 Å². The largest absolute Gasteiger partial charge is 0.369 e. The van der Waals surface area contributed by atoms with E-state index in [0.717, 1.165) is 17.0 Å². The molecule has 1 aromatic carbocycles. The fraction of sp³-hybridized carbons (Fsp3) is 0.222. The first-order valence-electron chi connectivity index (χ1n) is 7.64. The maximum Gasteiger partial charge on any atom is 0.284 e. The first-order chi connectivity index (χ1) is 11.5. The Morgan fingerprint density at radius 1 is 1.21 bits per heavy atom. The van der Waals surface area contributed by atoms with E-state index in [1.54, 1.807) is 16.3 Å². The minimum absolute atomic E-state index is 0.340. The van der Waals surface area contributed by atoms with Gasteiger partial charge >= 0.3 is 0 Å². The molecule has 3 rings (SSSR count). The van der Waals surface area contributed by atoms with Crippen LogP contribution in [-0.4, -0.2) is 45.8 Å². The van der Waals surface area contributed by atoms with Crippen LogP contribution in [0.5, 0.6) is 0 Å². The Morgan fingerprint density at radius 2 is 1.92 bits per heavy atom. The van der Waals surface area contributed by atoms with Crippen molar-refractivity contribution in [1.82, 2.24) is 19.5 Å². The van der Waals surface area contributed by atoms with Crippen LogP contribution < -0.4 is 0 Å². The van der Waals surface area contributed by atoms with Crippen molar-refractivity contribution in [2.45, 2.75) is 13.8 Å². The van der Waals surface area contributed by atoms with Gasteiger partial charge in [-0.1, -0.05) is 30.3 Å². The van der Waals surface area contributed by atoms with Crippen LogP contribution in [0.3, 0.4) is 0 Å². The average Bonchev–Trinajstić information content (AvgIpc) is 2.88. The molecule has 3 aromatic rings. The molecule has 0 atom stereocenters. The van der Waals surface area contributed by atoms with Gasteiger partial charge in [-0.25, -0.2) is 9.50 Å². The number of aryl methyl sites for hydroxylation is 2. The highest BCUT2D eigenvalue weighted by molar-refractivity contribution is 6.04. The number of fused-ring (bicyclic) bond motifs is 1. The molecular weight excluding hydrogens is 302 g/mol. The van der Waals surface area contributed by atoms with E-state index in [1.807, 2.05) is 57.4 Å². The fourth-order valence-electron chi connectivity index (χ4n) is 2.54. The van der Waals surface area contributed by atoms with E-state index >= 15 is 0 Å². The van der Waals surface area contributed by atoms with Gasteiger partial charge in [-0.05, 0) is 19.9 Å². The molecule has 0 saturated carbocycles. The first-order valence-corrected chi connectivity index (χ1v) is 7.64. The SMILES string of the molecule is Cc1cc(-c2ccccc2)n2nc(C)c(C(=O)/N=C/N(C)C)c2n1. The Labute approximate surface area is 140 Å². The topological polar surface area (TPSA) is 62.9 Å². The number of hydrogen-bond donors (Lipinski definition) is 0. The molecule has 0 bridgehead atoms. The average molecular weight is 321 g/mol. The van der Waals surface area contributed by atoms with E-state index in [0.29, 0.717) is 16.9 Å². The smallest absolute Gasteiger partial charge is 0.284 e. The third kappa shape index (κ3) is 2.90. The molecule has 24 heavy (non-hydrogen) atoms. The van der Waals surface area contributed by atoms with Gasteiger partial charge in [-0.3, -0.25) is 4.79 Å². The van der Waals surface area contributed by atoms with Crippen LogP contribution >= 0.6 is 0 Å². The molecule has 0 aliphatic heterocycles. The first kappa shape index (κ1) is 15.9. The van der Waals surface area contributed by atoms with Gasteiger partial charge in [0.1, 0.15) is 5.56 Å². The number of rotatable bonds is 3. The van der Waals surface area contributed by atoms with Crippen LogP contribution in [0.15, 0.2) is 41.4 Å². The third-order valence-electron chi connectivity index (χ3n) is 3.58. The second kappa shape index (κ2) is 6.23. The summed E-state index contributed by atoms with van der Waals surface area (Å²) in [7, 11) is 3.63. The molecule has 6 heteroatoms. The molecule has 0 radical (unpaired) electrons. The van der Waals surface area contributed by atoms with Gasteiger partial charge in [0.2, 0.25) is 0 Å². The molecular formula is C18H19N5O. The highest BCUT2D eigenvalue weighted by Gasteiger charge is 2.20. The predicted octanol–water partition coefficient (Wildman–Crippen LogP) is 2.74. The Bertz CT molecular complexity index is 925. The number of carbonyl (C=O) groups excluding carboxylic acids is 1. The second-order valence-electron chi connectivity index (χ2n) is 5.86. The lowest BCUT2D eigenvalue weighted by Crippen LogP contribution is -2.10. The highest BCUT2D eigenvalue weighted by atomic mass is 16.1. The minimum Gasteiger partial charge on any atom is -0.369 e. The molecule has 1 amide bonds. The number of benzene rings is 1. The van der Waals surface area contributed by atoms with Crippen LogP contribution in [-0.2, 0) is 0 Å². The highest BCUT2D eigenvalue weighted by Crippen LogP contribution is 2.24. The number of carbonyl (C=O) groups is 1. The zero-order valence-electron chi connectivity index (χ0n) is 14.2. The summed E-state index contributed by atoms with van der Waals surface area (Å²) in [6, 6.07) is 11.9. The van der Waals surface area contributed by atoms with Crippen LogP contribution in [0.2, 0.25) is 0 Å². The van der Waals surface area contributed by atoms with Gasteiger partial charge in [0, 0.05) is 25.4 Å². The summed E-state index contributed by atoms with van der Waals surface area (Å²) in [5, 5.41) is 4.52. The summed E-state index contributed by atoms with van der Waals surface area (Å²) < 4.78 is 1.72. The van der Waals surface area contributed by atoms with E-state index in [-0.39, 0.29) is 5.91 Å². The van der Waals surface area contributed by atoms with Crippen molar-refractivity contribution in [3.63, 3.8) is 0 Å². The Balaban J connectivity index is 2.22. The molecule has 0 unspecified atom stereocenters. The van der Waals surface area contributed by atoms with Crippen LogP contribution in [0, 0.1) is 13.8 Å². The number of hydrogen-bond acceptors (Lipinski definition) is 3. The van der Waals surface area contributed by atoms with Crippen molar-refractivity contribution in [3.05, 3.63) is 53.3 Å². The molecule has 6 nitrogen and oxygen atoms in total. The van der Waals surface area contributed by atoms with E-state index < -0.39 is 0 Å². The second-order valence-corrected chi connectivity index (χ2v) is 5.86. The van der Waals surface area contributed by atoms with Crippen molar-refractivity contribution in [1.29, 1.82) is 0 Å². The normalized spacial score (nSPS) is 11.3. The van der Waals surface area contributed by atoms with Crippen molar-refractivity contribution >= 4 is 17.9 Å². The van der Waals surface area contributed by atoms with Gasteiger partial charge in [0.15, 0.2) is 5.65 Å². The standard InChI is InChI=1S/C18H19N5O/c1-12-10-15(14-8-6-5-7-9-14)23-17(20-12)16(13(2)21-23)18(24)19-11-22(3)4/h5-11H,1-4H3/b19-11+.